The van der Waals surface area contributed by atoms with Crippen molar-refractivity contribution in [3.63, 3.8) is 0 Å². The molecule has 2 aromatic rings. The topological polar surface area (TPSA) is 45.8 Å². The minimum Gasteiger partial charge on any atom is -0.306 e. The monoisotopic (exact) mass is 344 g/mol. The molecule has 0 spiro atoms. The van der Waals surface area contributed by atoms with E-state index in [9.17, 15) is 13.6 Å². The van der Waals surface area contributed by atoms with Crippen LogP contribution in [0.1, 0.15) is 11.3 Å². The lowest BCUT2D eigenvalue weighted by Crippen LogP contribution is -2.15. The quantitative estimate of drug-likeness (QED) is 0.808. The fraction of sp³-hybridized carbons (Fsp3) is 0.167. The van der Waals surface area contributed by atoms with E-state index in [4.69, 9.17) is 0 Å². The van der Waals surface area contributed by atoms with E-state index in [-0.39, 0.29) is 21.4 Å². The minimum absolute atomic E-state index is 0.191. The first-order valence-corrected chi connectivity index (χ1v) is 7.36. The van der Waals surface area contributed by atoms with Crippen LogP contribution in [0.4, 0.5) is 8.78 Å². The number of hydrogen-bond acceptors (Lipinski definition) is 3. The number of benzene rings is 1. The molecule has 0 bridgehead atoms. The van der Waals surface area contributed by atoms with Gasteiger partial charge in [-0.2, -0.15) is 11.8 Å². The van der Waals surface area contributed by atoms with Crippen LogP contribution in [-0.2, 0) is 11.5 Å². The van der Waals surface area contributed by atoms with Crippen LogP contribution in [0.15, 0.2) is 21.4 Å². The predicted octanol–water partition coefficient (Wildman–Crippen LogP) is 3.22. The van der Waals surface area contributed by atoms with E-state index in [1.807, 2.05) is 0 Å². The van der Waals surface area contributed by atoms with Gasteiger partial charge in [-0.3, -0.25) is 4.79 Å². The third-order valence-electron chi connectivity index (χ3n) is 2.84. The molecular weight excluding hydrogens is 338 g/mol. The third kappa shape index (κ3) is 2.21. The molecule has 2 heterocycles. The number of aromatic nitrogens is 2. The van der Waals surface area contributed by atoms with E-state index in [1.54, 1.807) is 11.8 Å². The van der Waals surface area contributed by atoms with Crippen LogP contribution in [0, 0.1) is 11.6 Å². The summed E-state index contributed by atoms with van der Waals surface area (Å²) >= 11 is 4.40. The molecule has 1 aromatic heterocycles. The number of fused-ring (bicyclic) bond motifs is 1. The second-order valence-corrected chi connectivity index (χ2v) is 5.87. The van der Waals surface area contributed by atoms with E-state index < -0.39 is 11.6 Å². The number of nitrogens with zero attached hydrogens (tertiary/aromatic N) is 1. The van der Waals surface area contributed by atoms with Crippen LogP contribution in [-0.4, -0.2) is 9.97 Å². The zero-order valence-electron chi connectivity index (χ0n) is 9.47. The van der Waals surface area contributed by atoms with Crippen molar-refractivity contribution >= 4 is 27.7 Å². The van der Waals surface area contributed by atoms with Crippen LogP contribution in [0.25, 0.3) is 11.4 Å². The van der Waals surface area contributed by atoms with Gasteiger partial charge in [0.05, 0.1) is 10.2 Å². The van der Waals surface area contributed by atoms with Gasteiger partial charge in [-0.1, -0.05) is 0 Å². The van der Waals surface area contributed by atoms with Crippen LogP contribution >= 0.6 is 27.7 Å². The molecule has 0 saturated heterocycles. The Hall–Kier alpha value is -1.21. The van der Waals surface area contributed by atoms with Crippen molar-refractivity contribution < 1.29 is 8.78 Å². The number of H-pyrrole nitrogens is 1. The lowest BCUT2D eigenvalue weighted by Gasteiger charge is -2.05. The summed E-state index contributed by atoms with van der Waals surface area (Å²) in [6.07, 6.45) is 0. The second-order valence-electron chi connectivity index (χ2n) is 4.09. The van der Waals surface area contributed by atoms with Gasteiger partial charge in [0.1, 0.15) is 17.5 Å². The number of hydrogen-bond donors (Lipinski definition) is 1. The molecule has 0 fully saturated rings. The average molecular weight is 345 g/mol. The van der Waals surface area contributed by atoms with Crippen molar-refractivity contribution in [1.29, 1.82) is 0 Å². The molecule has 1 N–H and O–H groups in total. The molecule has 0 aliphatic carbocycles. The van der Waals surface area contributed by atoms with Gasteiger partial charge in [-0.15, -0.1) is 0 Å². The Labute approximate surface area is 119 Å². The van der Waals surface area contributed by atoms with Crippen molar-refractivity contribution in [2.45, 2.75) is 11.5 Å². The zero-order chi connectivity index (χ0) is 13.6. The number of thioether (sulfide) groups is 1. The third-order valence-corrected chi connectivity index (χ3v) is 4.57. The van der Waals surface area contributed by atoms with Crippen molar-refractivity contribution in [1.82, 2.24) is 9.97 Å². The lowest BCUT2D eigenvalue weighted by molar-refractivity contribution is 0.572. The maximum Gasteiger partial charge on any atom is 0.255 e. The summed E-state index contributed by atoms with van der Waals surface area (Å²) in [6, 6.07) is 2.28. The summed E-state index contributed by atoms with van der Waals surface area (Å²) < 4.78 is 26.8. The largest absolute Gasteiger partial charge is 0.306 e. The highest BCUT2D eigenvalue weighted by Crippen LogP contribution is 2.29. The number of aromatic amines is 1. The normalized spacial score (nSPS) is 13.6. The molecule has 19 heavy (non-hydrogen) atoms. The molecule has 0 saturated carbocycles. The van der Waals surface area contributed by atoms with Crippen LogP contribution in [0.3, 0.4) is 0 Å². The Morgan fingerprint density at radius 2 is 1.95 bits per heavy atom. The Balaban J connectivity index is 2.18. The molecule has 7 heteroatoms. The molecule has 1 aromatic carbocycles. The van der Waals surface area contributed by atoms with Gasteiger partial charge in [0.15, 0.2) is 0 Å². The average Bonchev–Trinajstić information content (AvgIpc) is 2.84. The Bertz CT molecular complexity index is 709. The molecule has 3 rings (SSSR count). The summed E-state index contributed by atoms with van der Waals surface area (Å²) in [4.78, 5) is 18.7. The van der Waals surface area contributed by atoms with Gasteiger partial charge in [-0.25, -0.2) is 13.8 Å². The van der Waals surface area contributed by atoms with Gasteiger partial charge in [0.2, 0.25) is 0 Å². The Morgan fingerprint density at radius 3 is 2.63 bits per heavy atom. The first-order chi connectivity index (χ1) is 9.06. The molecule has 0 unspecified atom stereocenters. The molecule has 1 aliphatic rings. The SMILES string of the molecule is O=c1[nH]c(-c2cc(F)c(Br)c(F)c2)nc2c1CSC2. The standard InChI is InChI=1S/C12H7BrF2N2OS/c13-10-7(14)1-5(2-8(10)15)11-16-9-4-19-3-6(9)12(18)17-11/h1-2H,3-4H2,(H,16,17,18). The van der Waals surface area contributed by atoms with Gasteiger partial charge in [0, 0.05) is 22.6 Å². The molecule has 0 atom stereocenters. The van der Waals surface area contributed by atoms with Gasteiger partial charge >= 0.3 is 0 Å². The fourth-order valence-electron chi connectivity index (χ4n) is 1.89. The Kier molecular flexibility index (Phi) is 3.18. The van der Waals surface area contributed by atoms with Gasteiger partial charge < -0.3 is 4.98 Å². The molecule has 3 nitrogen and oxygen atoms in total. The predicted molar refractivity (Wildman–Crippen MR) is 72.9 cm³/mol. The highest BCUT2D eigenvalue weighted by Gasteiger charge is 2.19. The van der Waals surface area contributed by atoms with Gasteiger partial charge in [0.25, 0.3) is 5.56 Å². The fourth-order valence-corrected chi connectivity index (χ4v) is 3.16. The maximum absolute atomic E-state index is 13.5. The van der Waals surface area contributed by atoms with Crippen LogP contribution in [0.5, 0.6) is 0 Å². The maximum atomic E-state index is 13.5. The Morgan fingerprint density at radius 1 is 1.26 bits per heavy atom. The smallest absolute Gasteiger partial charge is 0.255 e. The lowest BCUT2D eigenvalue weighted by atomic mass is 10.2. The molecule has 0 radical (unpaired) electrons. The summed E-state index contributed by atoms with van der Waals surface area (Å²) in [7, 11) is 0. The van der Waals surface area contributed by atoms with Crippen molar-refractivity contribution in [2.24, 2.45) is 0 Å². The summed E-state index contributed by atoms with van der Waals surface area (Å²) in [5.41, 5.74) is 1.31. The van der Waals surface area contributed by atoms with E-state index in [0.29, 0.717) is 22.8 Å². The zero-order valence-corrected chi connectivity index (χ0v) is 11.9. The van der Waals surface area contributed by atoms with Crippen molar-refractivity contribution in [2.75, 3.05) is 0 Å². The highest BCUT2D eigenvalue weighted by molar-refractivity contribution is 9.10. The molecular formula is C12H7BrF2N2OS. The van der Waals surface area contributed by atoms with E-state index >= 15 is 0 Å². The second kappa shape index (κ2) is 4.72. The number of rotatable bonds is 1. The van der Waals surface area contributed by atoms with E-state index in [1.165, 1.54) is 0 Å². The first kappa shape index (κ1) is 12.8. The van der Waals surface area contributed by atoms with Crippen LogP contribution < -0.4 is 5.56 Å². The summed E-state index contributed by atoms with van der Waals surface area (Å²) in [5.74, 6) is 0.00553. The van der Waals surface area contributed by atoms with E-state index in [2.05, 4.69) is 25.9 Å². The molecule has 98 valence electrons. The van der Waals surface area contributed by atoms with E-state index in [0.717, 1.165) is 12.1 Å². The highest BCUT2D eigenvalue weighted by atomic mass is 79.9. The van der Waals surface area contributed by atoms with Gasteiger partial charge in [-0.05, 0) is 28.1 Å². The number of halogens is 3. The summed E-state index contributed by atoms with van der Waals surface area (Å²) in [5, 5.41) is 0. The molecule has 0 amide bonds. The molecule has 1 aliphatic heterocycles. The minimum atomic E-state index is -0.729. The van der Waals surface area contributed by atoms with Crippen molar-refractivity contribution in [3.05, 3.63) is 49.9 Å². The van der Waals surface area contributed by atoms with Crippen molar-refractivity contribution in [3.8, 4) is 11.4 Å². The summed E-state index contributed by atoms with van der Waals surface area (Å²) in [6.45, 7) is 0. The number of nitrogens with one attached hydrogen (secondary N) is 1. The van der Waals surface area contributed by atoms with Crippen LogP contribution in [0.2, 0.25) is 0 Å². The first-order valence-electron chi connectivity index (χ1n) is 5.41.